The standard InChI is InChI=1S/C19H18N8O2S/c1-10-15(30(28,29)11-8-21-9-11)4-2-13(17(10)19-24-26-27-25-19)12-6-7-22-18-14(12)3-5-16(20)23-18/h2-7,11,21H,8-9H2,1H3,(H2,20,22,23)(H,24,25,26,27). The molecule has 0 spiro atoms. The molecule has 0 unspecified atom stereocenters. The smallest absolute Gasteiger partial charge is 0.205 e. The van der Waals surface area contributed by atoms with E-state index in [0.29, 0.717) is 41.5 Å². The molecule has 4 aromatic rings. The van der Waals surface area contributed by atoms with Crippen LogP contribution in [0.15, 0.2) is 41.4 Å². The SMILES string of the molecule is Cc1c(S(=O)(=O)C2CNC2)ccc(-c2ccnc3nc(N)ccc23)c1-c1nn[nH]n1. The molecule has 4 N–H and O–H groups in total. The minimum absolute atomic E-state index is 0.276. The van der Waals surface area contributed by atoms with Crippen LogP contribution in [0.2, 0.25) is 0 Å². The van der Waals surface area contributed by atoms with E-state index in [0.717, 1.165) is 16.5 Å². The Labute approximate surface area is 171 Å². The number of nitrogens with zero attached hydrogens (tertiary/aromatic N) is 5. The fourth-order valence-corrected chi connectivity index (χ4v) is 5.54. The number of pyridine rings is 2. The lowest BCUT2D eigenvalue weighted by Crippen LogP contribution is -2.51. The van der Waals surface area contributed by atoms with Crippen LogP contribution in [-0.2, 0) is 9.84 Å². The fraction of sp³-hybridized carbons (Fsp3) is 0.211. The third kappa shape index (κ3) is 2.82. The predicted molar refractivity (Wildman–Crippen MR) is 111 cm³/mol. The average molecular weight is 422 g/mol. The van der Waals surface area contributed by atoms with Crippen LogP contribution in [0.4, 0.5) is 5.82 Å². The zero-order valence-corrected chi connectivity index (χ0v) is 16.8. The molecule has 0 radical (unpaired) electrons. The van der Waals surface area contributed by atoms with Gasteiger partial charge in [-0.15, -0.1) is 10.2 Å². The van der Waals surface area contributed by atoms with E-state index in [4.69, 9.17) is 5.73 Å². The highest BCUT2D eigenvalue weighted by molar-refractivity contribution is 7.92. The molecule has 0 atom stereocenters. The average Bonchev–Trinajstić information content (AvgIpc) is 3.19. The first-order valence-electron chi connectivity index (χ1n) is 9.30. The Morgan fingerprint density at radius 1 is 1.10 bits per heavy atom. The second kappa shape index (κ2) is 6.82. The van der Waals surface area contributed by atoms with Gasteiger partial charge in [0, 0.05) is 30.2 Å². The molecule has 1 aromatic carbocycles. The molecule has 4 heterocycles. The number of fused-ring (bicyclic) bond motifs is 1. The molecule has 3 aromatic heterocycles. The summed E-state index contributed by atoms with van der Waals surface area (Å²) in [5, 5.41) is 17.7. The van der Waals surface area contributed by atoms with Gasteiger partial charge in [-0.2, -0.15) is 5.21 Å². The van der Waals surface area contributed by atoms with E-state index in [1.165, 1.54) is 0 Å². The summed E-state index contributed by atoms with van der Waals surface area (Å²) in [7, 11) is -3.48. The highest BCUT2D eigenvalue weighted by atomic mass is 32.2. The van der Waals surface area contributed by atoms with Crippen molar-refractivity contribution >= 4 is 26.7 Å². The number of anilines is 1. The molecule has 0 aliphatic carbocycles. The molecular formula is C19H18N8O2S. The maximum Gasteiger partial charge on any atom is 0.205 e. The number of hydrogen-bond acceptors (Lipinski definition) is 9. The minimum Gasteiger partial charge on any atom is -0.384 e. The summed E-state index contributed by atoms with van der Waals surface area (Å²) in [6, 6.07) is 8.83. The molecule has 5 rings (SSSR count). The molecule has 1 fully saturated rings. The molecule has 0 saturated carbocycles. The van der Waals surface area contributed by atoms with Crippen LogP contribution in [0.3, 0.4) is 0 Å². The normalized spacial score (nSPS) is 14.7. The highest BCUT2D eigenvalue weighted by Gasteiger charge is 2.35. The molecule has 0 amide bonds. The summed E-state index contributed by atoms with van der Waals surface area (Å²) in [6.45, 7) is 2.67. The van der Waals surface area contributed by atoms with Gasteiger partial charge in [-0.25, -0.2) is 18.4 Å². The maximum absolute atomic E-state index is 13.1. The number of aromatic nitrogens is 6. The number of aromatic amines is 1. The Kier molecular flexibility index (Phi) is 4.22. The molecule has 0 bridgehead atoms. The number of tetrazole rings is 1. The molecule has 1 aliphatic heterocycles. The second-order valence-corrected chi connectivity index (χ2v) is 9.33. The highest BCUT2D eigenvalue weighted by Crippen LogP contribution is 2.39. The Bertz CT molecular complexity index is 1370. The lowest BCUT2D eigenvalue weighted by atomic mass is 9.94. The van der Waals surface area contributed by atoms with Crippen LogP contribution in [-0.4, -0.2) is 57.3 Å². The Morgan fingerprint density at radius 3 is 2.63 bits per heavy atom. The molecular weight excluding hydrogens is 404 g/mol. The van der Waals surface area contributed by atoms with Gasteiger partial charge in [0.25, 0.3) is 0 Å². The van der Waals surface area contributed by atoms with Gasteiger partial charge in [-0.05, 0) is 53.1 Å². The first-order chi connectivity index (χ1) is 14.5. The van der Waals surface area contributed by atoms with Crippen LogP contribution < -0.4 is 11.1 Å². The lowest BCUT2D eigenvalue weighted by Gasteiger charge is -2.28. The molecule has 1 aliphatic rings. The Hall–Kier alpha value is -3.44. The van der Waals surface area contributed by atoms with Gasteiger partial charge in [0.2, 0.25) is 5.82 Å². The number of H-pyrrole nitrogens is 1. The van der Waals surface area contributed by atoms with Crippen molar-refractivity contribution in [2.75, 3.05) is 18.8 Å². The first-order valence-corrected chi connectivity index (χ1v) is 10.8. The van der Waals surface area contributed by atoms with Crippen LogP contribution >= 0.6 is 0 Å². The van der Waals surface area contributed by atoms with Gasteiger partial charge in [-0.3, -0.25) is 0 Å². The van der Waals surface area contributed by atoms with Crippen molar-refractivity contribution in [1.29, 1.82) is 0 Å². The van der Waals surface area contributed by atoms with Crippen LogP contribution in [0.25, 0.3) is 33.5 Å². The number of nitrogen functional groups attached to an aromatic ring is 1. The van der Waals surface area contributed by atoms with Crippen LogP contribution in [0.1, 0.15) is 5.56 Å². The summed E-state index contributed by atoms with van der Waals surface area (Å²) in [6.07, 6.45) is 1.64. The van der Waals surface area contributed by atoms with Crippen molar-refractivity contribution in [1.82, 2.24) is 35.9 Å². The van der Waals surface area contributed by atoms with Crippen molar-refractivity contribution in [2.45, 2.75) is 17.1 Å². The second-order valence-electron chi connectivity index (χ2n) is 7.14. The quantitative estimate of drug-likeness (QED) is 0.439. The zero-order chi connectivity index (χ0) is 20.9. The van der Waals surface area contributed by atoms with Crippen LogP contribution in [0.5, 0.6) is 0 Å². The number of sulfone groups is 1. The number of nitrogens with one attached hydrogen (secondary N) is 2. The third-order valence-corrected chi connectivity index (χ3v) is 7.65. The van der Waals surface area contributed by atoms with Gasteiger partial charge < -0.3 is 11.1 Å². The number of hydrogen-bond donors (Lipinski definition) is 3. The molecule has 1 saturated heterocycles. The van der Waals surface area contributed by atoms with Gasteiger partial charge >= 0.3 is 0 Å². The first kappa shape index (κ1) is 18.6. The van der Waals surface area contributed by atoms with E-state index in [9.17, 15) is 8.42 Å². The van der Waals surface area contributed by atoms with Gasteiger partial charge in [0.15, 0.2) is 15.5 Å². The van der Waals surface area contributed by atoms with Gasteiger partial charge in [-0.1, -0.05) is 6.07 Å². The largest absolute Gasteiger partial charge is 0.384 e. The Morgan fingerprint density at radius 2 is 1.93 bits per heavy atom. The van der Waals surface area contributed by atoms with E-state index < -0.39 is 15.1 Å². The molecule has 11 heteroatoms. The number of rotatable bonds is 4. The predicted octanol–water partition coefficient (Wildman–Crippen LogP) is 1.11. The van der Waals surface area contributed by atoms with Crippen molar-refractivity contribution in [2.24, 2.45) is 0 Å². The van der Waals surface area contributed by atoms with Gasteiger partial charge in [0.1, 0.15) is 5.82 Å². The van der Waals surface area contributed by atoms with E-state index in [1.54, 1.807) is 31.3 Å². The topological polar surface area (TPSA) is 152 Å². The van der Waals surface area contributed by atoms with Crippen LogP contribution in [0, 0.1) is 6.92 Å². The van der Waals surface area contributed by atoms with Crippen molar-refractivity contribution < 1.29 is 8.42 Å². The number of nitrogens with two attached hydrogens (primary N) is 1. The zero-order valence-electron chi connectivity index (χ0n) is 16.0. The number of benzene rings is 1. The summed E-state index contributed by atoms with van der Waals surface area (Å²) in [5.74, 6) is 0.692. The summed E-state index contributed by atoms with van der Waals surface area (Å²) < 4.78 is 26.2. The summed E-state index contributed by atoms with van der Waals surface area (Å²) in [4.78, 5) is 8.86. The summed E-state index contributed by atoms with van der Waals surface area (Å²) in [5.41, 5.74) is 9.07. The van der Waals surface area contributed by atoms with E-state index in [1.807, 2.05) is 12.1 Å². The maximum atomic E-state index is 13.1. The van der Waals surface area contributed by atoms with Crippen molar-refractivity contribution in [3.05, 3.63) is 42.1 Å². The Balaban J connectivity index is 1.79. The van der Waals surface area contributed by atoms with Gasteiger partial charge in [0.05, 0.1) is 10.1 Å². The van der Waals surface area contributed by atoms with Crippen molar-refractivity contribution in [3.8, 4) is 22.5 Å². The molecule has 10 nitrogen and oxygen atoms in total. The lowest BCUT2D eigenvalue weighted by molar-refractivity contribution is 0.495. The minimum atomic E-state index is -3.48. The molecule has 152 valence electrons. The van der Waals surface area contributed by atoms with Crippen molar-refractivity contribution in [3.63, 3.8) is 0 Å². The monoisotopic (exact) mass is 422 g/mol. The third-order valence-electron chi connectivity index (χ3n) is 5.39. The molecule has 30 heavy (non-hydrogen) atoms. The fourth-order valence-electron chi connectivity index (χ4n) is 3.72. The van der Waals surface area contributed by atoms with E-state index >= 15 is 0 Å². The van der Waals surface area contributed by atoms with E-state index in [2.05, 4.69) is 35.9 Å². The summed E-state index contributed by atoms with van der Waals surface area (Å²) >= 11 is 0. The van der Waals surface area contributed by atoms with E-state index in [-0.39, 0.29) is 4.90 Å².